The highest BCUT2D eigenvalue weighted by atomic mass is 79.9. The van der Waals surface area contributed by atoms with Crippen molar-refractivity contribution in [3.63, 3.8) is 0 Å². The Labute approximate surface area is 139 Å². The van der Waals surface area contributed by atoms with Crippen molar-refractivity contribution in [1.29, 1.82) is 0 Å². The van der Waals surface area contributed by atoms with Crippen LogP contribution in [0.1, 0.15) is 11.4 Å². The summed E-state index contributed by atoms with van der Waals surface area (Å²) in [6.07, 6.45) is 0. The molecule has 0 fully saturated rings. The second-order valence-electron chi connectivity index (χ2n) is 4.92. The Morgan fingerprint density at radius 3 is 2.64 bits per heavy atom. The van der Waals surface area contributed by atoms with Crippen LogP contribution in [0.15, 0.2) is 40.9 Å². The maximum absolute atomic E-state index is 11.2. The highest BCUT2D eigenvalue weighted by molar-refractivity contribution is 9.10. The van der Waals surface area contributed by atoms with Crippen LogP contribution in [-0.4, -0.2) is 14.5 Å². The summed E-state index contributed by atoms with van der Waals surface area (Å²) in [6.45, 7) is 2.42. The lowest BCUT2D eigenvalue weighted by molar-refractivity contribution is -0.383. The molecule has 0 aliphatic carbocycles. The standard InChI is InChI=1S/C15H11BrClN3O2/c1-9-18-15-13(6-11(16)7-14(15)20(21)22)19(9)8-10-2-4-12(17)5-3-10/h2-7H,8H2,1H3. The molecule has 0 saturated carbocycles. The first-order valence-corrected chi connectivity index (χ1v) is 7.68. The summed E-state index contributed by atoms with van der Waals surface area (Å²) in [5.41, 5.74) is 2.19. The Morgan fingerprint density at radius 1 is 1.32 bits per heavy atom. The lowest BCUT2D eigenvalue weighted by atomic mass is 10.2. The summed E-state index contributed by atoms with van der Waals surface area (Å²) in [7, 11) is 0. The number of hydrogen-bond acceptors (Lipinski definition) is 3. The first kappa shape index (κ1) is 15.0. The predicted molar refractivity (Wildman–Crippen MR) is 89.4 cm³/mol. The fourth-order valence-electron chi connectivity index (χ4n) is 2.40. The highest BCUT2D eigenvalue weighted by Crippen LogP contribution is 2.30. The molecule has 0 radical (unpaired) electrons. The molecular weight excluding hydrogens is 370 g/mol. The first-order chi connectivity index (χ1) is 10.5. The second-order valence-corrected chi connectivity index (χ2v) is 6.27. The van der Waals surface area contributed by atoms with E-state index < -0.39 is 4.92 Å². The van der Waals surface area contributed by atoms with Crippen molar-refractivity contribution in [3.05, 3.63) is 67.4 Å². The van der Waals surface area contributed by atoms with Crippen LogP contribution in [-0.2, 0) is 6.54 Å². The molecule has 2 aromatic carbocycles. The minimum atomic E-state index is -0.411. The van der Waals surface area contributed by atoms with Gasteiger partial charge in [-0.05, 0) is 30.7 Å². The van der Waals surface area contributed by atoms with E-state index in [4.69, 9.17) is 11.6 Å². The van der Waals surface area contributed by atoms with Gasteiger partial charge in [0.05, 0.1) is 10.4 Å². The summed E-state index contributed by atoms with van der Waals surface area (Å²) < 4.78 is 2.61. The average Bonchev–Trinajstić information content (AvgIpc) is 2.77. The lowest BCUT2D eigenvalue weighted by Crippen LogP contribution is -2.02. The molecule has 1 aromatic heterocycles. The number of rotatable bonds is 3. The fraction of sp³-hybridized carbons (Fsp3) is 0.133. The Balaban J connectivity index is 2.15. The van der Waals surface area contributed by atoms with Crippen molar-refractivity contribution in [3.8, 4) is 0 Å². The van der Waals surface area contributed by atoms with E-state index in [2.05, 4.69) is 20.9 Å². The minimum absolute atomic E-state index is 0.00216. The van der Waals surface area contributed by atoms with Crippen molar-refractivity contribution in [2.24, 2.45) is 0 Å². The third-order valence-electron chi connectivity index (χ3n) is 3.44. The zero-order chi connectivity index (χ0) is 15.9. The number of imidazole rings is 1. The van der Waals surface area contributed by atoms with Gasteiger partial charge in [-0.2, -0.15) is 0 Å². The molecule has 0 spiro atoms. The SMILES string of the molecule is Cc1nc2c([N+](=O)[O-])cc(Br)cc2n1Cc1ccc(Cl)cc1. The molecule has 7 heteroatoms. The van der Waals surface area contributed by atoms with Crippen molar-refractivity contribution in [2.45, 2.75) is 13.5 Å². The number of nitrogens with zero attached hydrogens (tertiary/aromatic N) is 3. The molecule has 0 aliphatic rings. The molecule has 0 unspecified atom stereocenters. The van der Waals surface area contributed by atoms with Crippen LogP contribution in [0.5, 0.6) is 0 Å². The van der Waals surface area contributed by atoms with Gasteiger partial charge in [-0.15, -0.1) is 0 Å². The molecule has 3 aromatic rings. The number of aromatic nitrogens is 2. The Kier molecular flexibility index (Phi) is 3.88. The Morgan fingerprint density at radius 2 is 2.00 bits per heavy atom. The molecule has 5 nitrogen and oxygen atoms in total. The summed E-state index contributed by atoms with van der Waals surface area (Å²) >= 11 is 9.22. The van der Waals surface area contributed by atoms with E-state index in [0.717, 1.165) is 16.9 Å². The zero-order valence-corrected chi connectivity index (χ0v) is 13.9. The first-order valence-electron chi connectivity index (χ1n) is 6.51. The van der Waals surface area contributed by atoms with Gasteiger partial charge in [0, 0.05) is 22.1 Å². The molecule has 0 N–H and O–H groups in total. The minimum Gasteiger partial charge on any atom is -0.323 e. The molecular formula is C15H11BrClN3O2. The second kappa shape index (κ2) is 5.70. The van der Waals surface area contributed by atoms with E-state index in [1.54, 1.807) is 0 Å². The highest BCUT2D eigenvalue weighted by Gasteiger charge is 2.19. The van der Waals surface area contributed by atoms with Crippen LogP contribution in [0.4, 0.5) is 5.69 Å². The van der Waals surface area contributed by atoms with Gasteiger partial charge < -0.3 is 4.57 Å². The monoisotopic (exact) mass is 379 g/mol. The van der Waals surface area contributed by atoms with Crippen molar-refractivity contribution in [2.75, 3.05) is 0 Å². The van der Waals surface area contributed by atoms with Crippen LogP contribution in [0, 0.1) is 17.0 Å². The maximum Gasteiger partial charge on any atom is 0.298 e. The number of fused-ring (bicyclic) bond motifs is 1. The van der Waals surface area contributed by atoms with E-state index in [-0.39, 0.29) is 5.69 Å². The molecule has 1 heterocycles. The zero-order valence-electron chi connectivity index (χ0n) is 11.6. The third kappa shape index (κ3) is 2.71. The topological polar surface area (TPSA) is 61.0 Å². The molecule has 3 rings (SSSR count). The third-order valence-corrected chi connectivity index (χ3v) is 4.15. The average molecular weight is 381 g/mol. The molecule has 0 amide bonds. The van der Waals surface area contributed by atoms with Gasteiger partial charge in [0.1, 0.15) is 5.82 Å². The van der Waals surface area contributed by atoms with Gasteiger partial charge in [0.2, 0.25) is 0 Å². The Hall–Kier alpha value is -1.92. The van der Waals surface area contributed by atoms with Gasteiger partial charge in [0.25, 0.3) is 5.69 Å². The number of benzene rings is 2. The number of non-ortho nitro benzene ring substituents is 1. The summed E-state index contributed by atoms with van der Waals surface area (Å²) in [6, 6.07) is 10.8. The summed E-state index contributed by atoms with van der Waals surface area (Å²) in [5.74, 6) is 0.728. The maximum atomic E-state index is 11.2. The quantitative estimate of drug-likeness (QED) is 0.488. The Bertz CT molecular complexity index is 875. The number of aryl methyl sites for hydroxylation is 1. The van der Waals surface area contributed by atoms with Crippen molar-refractivity contribution < 1.29 is 4.92 Å². The van der Waals surface area contributed by atoms with E-state index in [1.165, 1.54) is 6.07 Å². The van der Waals surface area contributed by atoms with Crippen LogP contribution in [0.2, 0.25) is 5.02 Å². The van der Waals surface area contributed by atoms with Gasteiger partial charge in [-0.3, -0.25) is 10.1 Å². The predicted octanol–water partition coefficient (Wildman–Crippen LogP) is 4.72. The van der Waals surface area contributed by atoms with Gasteiger partial charge in [-0.1, -0.05) is 39.7 Å². The normalized spacial score (nSPS) is 11.0. The van der Waals surface area contributed by atoms with Crippen LogP contribution < -0.4 is 0 Å². The molecule has 0 bridgehead atoms. The van der Waals surface area contributed by atoms with Crippen LogP contribution in [0.3, 0.4) is 0 Å². The van der Waals surface area contributed by atoms with E-state index in [0.29, 0.717) is 21.6 Å². The smallest absolute Gasteiger partial charge is 0.298 e. The molecule has 22 heavy (non-hydrogen) atoms. The number of hydrogen-bond donors (Lipinski definition) is 0. The van der Waals surface area contributed by atoms with E-state index in [1.807, 2.05) is 41.8 Å². The van der Waals surface area contributed by atoms with E-state index in [9.17, 15) is 10.1 Å². The molecule has 0 saturated heterocycles. The lowest BCUT2D eigenvalue weighted by Gasteiger charge is -2.07. The van der Waals surface area contributed by atoms with Crippen molar-refractivity contribution >= 4 is 44.3 Å². The molecule has 112 valence electrons. The summed E-state index contributed by atoms with van der Waals surface area (Å²) in [4.78, 5) is 15.2. The summed E-state index contributed by atoms with van der Waals surface area (Å²) in [5, 5.41) is 11.9. The largest absolute Gasteiger partial charge is 0.323 e. The van der Waals surface area contributed by atoms with Gasteiger partial charge >= 0.3 is 0 Å². The fourth-order valence-corrected chi connectivity index (χ4v) is 2.96. The molecule has 0 aliphatic heterocycles. The van der Waals surface area contributed by atoms with Crippen LogP contribution >= 0.6 is 27.5 Å². The number of nitro groups is 1. The number of halogens is 2. The van der Waals surface area contributed by atoms with Gasteiger partial charge in [0.15, 0.2) is 5.52 Å². The number of nitro benzene ring substituents is 1. The molecule has 0 atom stereocenters. The van der Waals surface area contributed by atoms with Crippen molar-refractivity contribution in [1.82, 2.24) is 9.55 Å². The van der Waals surface area contributed by atoms with E-state index >= 15 is 0 Å². The van der Waals surface area contributed by atoms with Gasteiger partial charge in [-0.25, -0.2) is 4.98 Å². The van der Waals surface area contributed by atoms with Crippen LogP contribution in [0.25, 0.3) is 11.0 Å².